The maximum absolute atomic E-state index is 15.0. The fourth-order valence-electron chi connectivity index (χ4n) is 4.90. The third-order valence-corrected chi connectivity index (χ3v) is 6.96. The Bertz CT molecular complexity index is 903. The molecule has 0 saturated heterocycles. The molecule has 0 bridgehead atoms. The Kier molecular flexibility index (Phi) is 9.64. The van der Waals surface area contributed by atoms with Gasteiger partial charge < -0.3 is 4.74 Å². The van der Waals surface area contributed by atoms with Crippen molar-refractivity contribution in [1.82, 2.24) is 0 Å². The fraction of sp³-hybridized carbons (Fsp3) is 0.571. The first kappa shape index (κ1) is 25.6. The minimum absolute atomic E-state index is 0.0310. The average Bonchev–Trinajstić information content (AvgIpc) is 2.83. The summed E-state index contributed by atoms with van der Waals surface area (Å²) in [5, 5.41) is 0. The van der Waals surface area contributed by atoms with Gasteiger partial charge in [0.05, 0.1) is 6.61 Å². The number of unbranched alkanes of at least 4 members (excludes halogenated alkanes) is 4. The Morgan fingerprint density at radius 3 is 2.00 bits per heavy atom. The van der Waals surface area contributed by atoms with Gasteiger partial charge in [0.15, 0.2) is 23.2 Å². The molecule has 2 aromatic rings. The zero-order chi connectivity index (χ0) is 23.8. The van der Waals surface area contributed by atoms with Gasteiger partial charge in [-0.25, -0.2) is 13.2 Å². The van der Waals surface area contributed by atoms with Crippen LogP contribution in [0.25, 0.3) is 11.1 Å². The Labute approximate surface area is 195 Å². The second-order valence-corrected chi connectivity index (χ2v) is 9.34. The highest BCUT2D eigenvalue weighted by atomic mass is 19.2. The number of hydrogen-bond acceptors (Lipinski definition) is 1. The fourth-order valence-corrected chi connectivity index (χ4v) is 4.90. The van der Waals surface area contributed by atoms with Crippen molar-refractivity contribution < 1.29 is 22.3 Å². The van der Waals surface area contributed by atoms with E-state index in [2.05, 4.69) is 13.8 Å². The van der Waals surface area contributed by atoms with Crippen molar-refractivity contribution in [2.45, 2.75) is 90.4 Å². The molecule has 33 heavy (non-hydrogen) atoms. The Balaban J connectivity index is 1.72. The smallest absolute Gasteiger partial charge is 0.201 e. The monoisotopic (exact) mass is 464 g/mol. The normalized spacial score (nSPS) is 18.5. The maximum Gasteiger partial charge on any atom is 0.201 e. The molecule has 0 aromatic heterocycles. The van der Waals surface area contributed by atoms with Crippen LogP contribution in [-0.2, 0) is 0 Å². The summed E-state index contributed by atoms with van der Waals surface area (Å²) in [5.41, 5.74) is -0.214. The van der Waals surface area contributed by atoms with Crippen LogP contribution in [0.5, 0.6) is 5.75 Å². The average molecular weight is 465 g/mol. The maximum atomic E-state index is 15.0. The molecule has 0 N–H and O–H groups in total. The molecule has 0 atom stereocenters. The highest BCUT2D eigenvalue weighted by molar-refractivity contribution is 5.66. The van der Waals surface area contributed by atoms with Crippen LogP contribution in [0.4, 0.5) is 17.6 Å². The molecule has 0 spiro atoms. The van der Waals surface area contributed by atoms with Gasteiger partial charge in [0.25, 0.3) is 0 Å². The molecule has 0 unspecified atom stereocenters. The highest BCUT2D eigenvalue weighted by Crippen LogP contribution is 2.41. The van der Waals surface area contributed by atoms with E-state index in [0.29, 0.717) is 11.5 Å². The van der Waals surface area contributed by atoms with Gasteiger partial charge in [0.1, 0.15) is 0 Å². The topological polar surface area (TPSA) is 9.23 Å². The van der Waals surface area contributed by atoms with Crippen molar-refractivity contribution in [2.75, 3.05) is 6.61 Å². The molecule has 3 rings (SSSR count). The molecular weight excluding hydrogens is 428 g/mol. The minimum atomic E-state index is -1.22. The summed E-state index contributed by atoms with van der Waals surface area (Å²) in [6, 6.07) is 5.47. The van der Waals surface area contributed by atoms with E-state index in [4.69, 9.17) is 4.74 Å². The van der Waals surface area contributed by atoms with E-state index in [1.165, 1.54) is 37.5 Å². The highest BCUT2D eigenvalue weighted by Gasteiger charge is 2.27. The van der Waals surface area contributed by atoms with E-state index in [9.17, 15) is 17.6 Å². The van der Waals surface area contributed by atoms with Crippen LogP contribution in [0, 0.1) is 29.2 Å². The molecule has 0 radical (unpaired) electrons. The van der Waals surface area contributed by atoms with E-state index < -0.39 is 23.3 Å². The molecule has 1 aliphatic rings. The lowest BCUT2D eigenvalue weighted by molar-refractivity contribution is 0.285. The third-order valence-electron chi connectivity index (χ3n) is 6.96. The summed E-state index contributed by atoms with van der Waals surface area (Å²) < 4.78 is 64.6. The molecule has 1 saturated carbocycles. The SMILES string of the molecule is CCCCCCOc1ccc(-c2ccc(C3CCC(CCCC)CC3)c(F)c2F)c(F)c1F. The quantitative estimate of drug-likeness (QED) is 0.238. The van der Waals surface area contributed by atoms with Crippen LogP contribution in [0.2, 0.25) is 0 Å². The molecule has 1 aliphatic carbocycles. The summed E-state index contributed by atoms with van der Waals surface area (Å²) in [7, 11) is 0. The number of ether oxygens (including phenoxy) is 1. The molecule has 5 heteroatoms. The number of rotatable bonds is 11. The van der Waals surface area contributed by atoms with Crippen LogP contribution in [0.15, 0.2) is 24.3 Å². The van der Waals surface area contributed by atoms with E-state index >= 15 is 0 Å². The zero-order valence-corrected chi connectivity index (χ0v) is 19.9. The van der Waals surface area contributed by atoms with Gasteiger partial charge in [0.2, 0.25) is 5.82 Å². The summed E-state index contributed by atoms with van der Waals surface area (Å²) in [4.78, 5) is 0. The van der Waals surface area contributed by atoms with Crippen LogP contribution < -0.4 is 4.74 Å². The van der Waals surface area contributed by atoms with Crippen molar-refractivity contribution in [3.8, 4) is 16.9 Å². The molecule has 1 nitrogen and oxygen atoms in total. The predicted molar refractivity (Wildman–Crippen MR) is 126 cm³/mol. The standard InChI is InChI=1S/C28H36F4O/c1-3-5-7-8-18-33-24-17-16-23(27(31)28(24)32)22-15-14-21(25(29)26(22)30)20-12-10-19(11-13-20)9-6-4-2/h14-17,19-20H,3-13,18H2,1-2H3. The molecule has 0 aliphatic heterocycles. The van der Waals surface area contributed by atoms with E-state index in [1.807, 2.05) is 0 Å². The van der Waals surface area contributed by atoms with Gasteiger partial charge in [-0.2, -0.15) is 4.39 Å². The van der Waals surface area contributed by atoms with Crippen molar-refractivity contribution in [3.63, 3.8) is 0 Å². The van der Waals surface area contributed by atoms with E-state index in [1.54, 1.807) is 6.07 Å². The molecule has 2 aromatic carbocycles. The van der Waals surface area contributed by atoms with Crippen molar-refractivity contribution in [1.29, 1.82) is 0 Å². The lowest BCUT2D eigenvalue weighted by atomic mass is 9.76. The van der Waals surface area contributed by atoms with Crippen LogP contribution >= 0.6 is 0 Å². The molecule has 1 fully saturated rings. The van der Waals surface area contributed by atoms with E-state index in [-0.39, 0.29) is 29.4 Å². The van der Waals surface area contributed by atoms with Gasteiger partial charge in [-0.1, -0.05) is 64.5 Å². The molecule has 0 amide bonds. The molecule has 0 heterocycles. The lowest BCUT2D eigenvalue weighted by Gasteiger charge is -2.29. The zero-order valence-electron chi connectivity index (χ0n) is 19.9. The minimum Gasteiger partial charge on any atom is -0.490 e. The van der Waals surface area contributed by atoms with Crippen molar-refractivity contribution in [2.24, 2.45) is 5.92 Å². The Hall–Kier alpha value is -2.04. The van der Waals surface area contributed by atoms with Gasteiger partial charge in [-0.15, -0.1) is 0 Å². The van der Waals surface area contributed by atoms with Crippen LogP contribution in [0.3, 0.4) is 0 Å². The largest absolute Gasteiger partial charge is 0.490 e. The second kappa shape index (κ2) is 12.4. The van der Waals surface area contributed by atoms with Crippen molar-refractivity contribution in [3.05, 3.63) is 53.1 Å². The summed E-state index contributed by atoms with van der Waals surface area (Å²) >= 11 is 0. The first-order valence-electron chi connectivity index (χ1n) is 12.6. The van der Waals surface area contributed by atoms with Gasteiger partial charge in [-0.3, -0.25) is 0 Å². The number of hydrogen-bond donors (Lipinski definition) is 0. The van der Waals surface area contributed by atoms with Crippen LogP contribution in [-0.4, -0.2) is 6.61 Å². The van der Waals surface area contributed by atoms with Crippen LogP contribution in [0.1, 0.15) is 96.0 Å². The predicted octanol–water partition coefficient (Wildman–Crippen LogP) is 9.33. The van der Waals surface area contributed by atoms with Gasteiger partial charge in [-0.05, 0) is 61.6 Å². The number of benzene rings is 2. The summed E-state index contributed by atoms with van der Waals surface area (Å²) in [6.45, 7) is 4.55. The Morgan fingerprint density at radius 2 is 1.33 bits per heavy atom. The van der Waals surface area contributed by atoms with E-state index in [0.717, 1.165) is 51.4 Å². The second-order valence-electron chi connectivity index (χ2n) is 9.34. The first-order chi connectivity index (χ1) is 16.0. The number of halogens is 4. The third kappa shape index (κ3) is 6.30. The lowest BCUT2D eigenvalue weighted by Crippen LogP contribution is -2.15. The molecular formula is C28H36F4O. The van der Waals surface area contributed by atoms with Crippen molar-refractivity contribution >= 4 is 0 Å². The van der Waals surface area contributed by atoms with Gasteiger partial charge in [0, 0.05) is 11.1 Å². The summed E-state index contributed by atoms with van der Waals surface area (Å²) in [6.07, 6.45) is 11.1. The van der Waals surface area contributed by atoms with Gasteiger partial charge >= 0.3 is 0 Å². The Morgan fingerprint density at radius 1 is 0.697 bits per heavy atom. The summed E-state index contributed by atoms with van der Waals surface area (Å²) in [5.74, 6) is -4.02. The first-order valence-corrected chi connectivity index (χ1v) is 12.6. The molecule has 182 valence electrons.